The number of carbonyl (C=O) groups is 1. The Kier molecular flexibility index (Phi) is 3.31. The van der Waals surface area contributed by atoms with Crippen molar-refractivity contribution in [2.45, 2.75) is 19.4 Å². The molecule has 5 nitrogen and oxygen atoms in total. The van der Waals surface area contributed by atoms with Gasteiger partial charge in [-0.15, -0.1) is 0 Å². The zero-order chi connectivity index (χ0) is 16.0. The highest BCUT2D eigenvalue weighted by molar-refractivity contribution is 6.30. The van der Waals surface area contributed by atoms with Gasteiger partial charge in [0.05, 0.1) is 16.6 Å². The van der Waals surface area contributed by atoms with Crippen LogP contribution >= 0.6 is 11.6 Å². The van der Waals surface area contributed by atoms with Gasteiger partial charge in [-0.2, -0.15) is 5.10 Å². The molecule has 0 aromatic carbocycles. The molecule has 6 heteroatoms. The Morgan fingerprint density at radius 3 is 3.09 bits per heavy atom. The normalized spacial score (nSPS) is 17.3. The molecule has 1 aliphatic heterocycles. The van der Waals surface area contributed by atoms with Crippen LogP contribution in [0.4, 0.5) is 0 Å². The molecule has 0 N–H and O–H groups in total. The summed E-state index contributed by atoms with van der Waals surface area (Å²) in [6, 6.07) is 9.38. The van der Waals surface area contributed by atoms with Crippen LogP contribution in [0.1, 0.15) is 34.7 Å². The number of hydrogen-bond acceptors (Lipinski definition) is 3. The first-order valence-corrected chi connectivity index (χ1v) is 7.91. The Balaban J connectivity index is 1.68. The third-order valence-electron chi connectivity index (χ3n) is 4.34. The van der Waals surface area contributed by atoms with Crippen LogP contribution in [-0.4, -0.2) is 31.9 Å². The topological polar surface area (TPSA) is 50.5 Å². The third kappa shape index (κ3) is 2.37. The van der Waals surface area contributed by atoms with E-state index in [1.165, 1.54) is 0 Å². The predicted molar refractivity (Wildman–Crippen MR) is 87.6 cm³/mol. The lowest BCUT2D eigenvalue weighted by Crippen LogP contribution is -2.39. The Bertz CT molecular complexity index is 904. The van der Waals surface area contributed by atoms with Crippen LogP contribution in [0.5, 0.6) is 0 Å². The molecule has 3 aromatic rings. The Hall–Kier alpha value is -2.40. The van der Waals surface area contributed by atoms with Gasteiger partial charge in [0.1, 0.15) is 0 Å². The number of amides is 1. The molecule has 0 spiro atoms. The largest absolute Gasteiger partial charge is 0.330 e. The van der Waals surface area contributed by atoms with Crippen molar-refractivity contribution in [3.63, 3.8) is 0 Å². The van der Waals surface area contributed by atoms with Gasteiger partial charge < -0.3 is 4.90 Å². The molecule has 1 aliphatic rings. The predicted octanol–water partition coefficient (Wildman–Crippen LogP) is 3.14. The SMILES string of the molecule is CC1c2cccnc2CCN1C(=O)c1cc2ccc(Cl)cn2n1. The first-order valence-electron chi connectivity index (χ1n) is 7.53. The Morgan fingerprint density at radius 2 is 2.22 bits per heavy atom. The summed E-state index contributed by atoms with van der Waals surface area (Å²) in [5.41, 5.74) is 3.47. The molecule has 0 fully saturated rings. The van der Waals surface area contributed by atoms with Crippen LogP contribution in [0.2, 0.25) is 5.02 Å². The van der Waals surface area contributed by atoms with E-state index >= 15 is 0 Å². The highest BCUT2D eigenvalue weighted by atomic mass is 35.5. The summed E-state index contributed by atoms with van der Waals surface area (Å²) in [4.78, 5) is 19.1. The summed E-state index contributed by atoms with van der Waals surface area (Å²) in [6.07, 6.45) is 4.27. The molecule has 1 amide bonds. The van der Waals surface area contributed by atoms with Gasteiger partial charge in [-0.05, 0) is 36.8 Å². The van der Waals surface area contributed by atoms with Gasteiger partial charge in [0.15, 0.2) is 5.69 Å². The first kappa shape index (κ1) is 14.2. The van der Waals surface area contributed by atoms with Crippen molar-refractivity contribution >= 4 is 23.0 Å². The van der Waals surface area contributed by atoms with Gasteiger partial charge in [-0.1, -0.05) is 17.7 Å². The van der Waals surface area contributed by atoms with E-state index in [1.807, 2.05) is 30.0 Å². The number of carbonyl (C=O) groups excluding carboxylic acids is 1. The summed E-state index contributed by atoms with van der Waals surface area (Å²) < 4.78 is 1.64. The fraction of sp³-hybridized carbons (Fsp3) is 0.235. The Labute approximate surface area is 138 Å². The number of aromatic nitrogens is 3. The maximum atomic E-state index is 12.9. The highest BCUT2D eigenvalue weighted by Gasteiger charge is 2.30. The average molecular weight is 327 g/mol. The number of rotatable bonds is 1. The number of fused-ring (bicyclic) bond motifs is 2. The van der Waals surface area contributed by atoms with Crippen LogP contribution < -0.4 is 0 Å². The van der Waals surface area contributed by atoms with Crippen LogP contribution in [0.15, 0.2) is 42.7 Å². The van der Waals surface area contributed by atoms with E-state index in [-0.39, 0.29) is 11.9 Å². The lowest BCUT2D eigenvalue weighted by molar-refractivity contribution is 0.0669. The highest BCUT2D eigenvalue weighted by Crippen LogP contribution is 2.29. The minimum Gasteiger partial charge on any atom is -0.330 e. The smallest absolute Gasteiger partial charge is 0.274 e. The van der Waals surface area contributed by atoms with Gasteiger partial charge in [0.25, 0.3) is 5.91 Å². The van der Waals surface area contributed by atoms with E-state index in [0.29, 0.717) is 17.3 Å². The standard InChI is InChI=1S/C17H15ClN4O/c1-11-14-3-2-7-19-15(14)6-8-21(11)17(23)16-9-13-5-4-12(18)10-22(13)20-16/h2-5,7,9-11H,6,8H2,1H3. The summed E-state index contributed by atoms with van der Waals surface area (Å²) in [7, 11) is 0. The number of halogens is 1. The lowest BCUT2D eigenvalue weighted by atomic mass is 9.98. The molecular weight excluding hydrogens is 312 g/mol. The second kappa shape index (κ2) is 5.35. The molecule has 0 radical (unpaired) electrons. The molecule has 3 aromatic heterocycles. The molecule has 4 heterocycles. The fourth-order valence-electron chi connectivity index (χ4n) is 3.12. The van der Waals surface area contributed by atoms with Crippen LogP contribution in [-0.2, 0) is 6.42 Å². The molecule has 1 unspecified atom stereocenters. The molecular formula is C17H15ClN4O. The van der Waals surface area contributed by atoms with Gasteiger partial charge in [0, 0.05) is 31.1 Å². The first-order chi connectivity index (χ1) is 11.1. The maximum Gasteiger partial charge on any atom is 0.274 e. The number of hydrogen-bond donors (Lipinski definition) is 0. The molecule has 1 atom stereocenters. The monoisotopic (exact) mass is 326 g/mol. The second-order valence-corrected chi connectivity index (χ2v) is 6.15. The molecule has 0 aliphatic carbocycles. The lowest BCUT2D eigenvalue weighted by Gasteiger charge is -2.34. The van der Waals surface area contributed by atoms with E-state index < -0.39 is 0 Å². The molecule has 116 valence electrons. The maximum absolute atomic E-state index is 12.9. The Morgan fingerprint density at radius 1 is 1.35 bits per heavy atom. The minimum atomic E-state index is -0.0631. The van der Waals surface area contributed by atoms with Crippen molar-refractivity contribution in [1.82, 2.24) is 19.5 Å². The molecule has 23 heavy (non-hydrogen) atoms. The van der Waals surface area contributed by atoms with Crippen molar-refractivity contribution in [2.75, 3.05) is 6.54 Å². The summed E-state index contributed by atoms with van der Waals surface area (Å²) >= 11 is 5.97. The molecule has 4 rings (SSSR count). The molecule has 0 saturated heterocycles. The van der Waals surface area contributed by atoms with Gasteiger partial charge in [-0.25, -0.2) is 4.52 Å². The zero-order valence-corrected chi connectivity index (χ0v) is 13.4. The van der Waals surface area contributed by atoms with Gasteiger partial charge in [0.2, 0.25) is 0 Å². The van der Waals surface area contributed by atoms with E-state index in [1.54, 1.807) is 29.0 Å². The van der Waals surface area contributed by atoms with Crippen LogP contribution in [0, 0.1) is 0 Å². The van der Waals surface area contributed by atoms with E-state index in [4.69, 9.17) is 11.6 Å². The van der Waals surface area contributed by atoms with Crippen molar-refractivity contribution in [2.24, 2.45) is 0 Å². The van der Waals surface area contributed by atoms with Gasteiger partial charge in [-0.3, -0.25) is 9.78 Å². The van der Waals surface area contributed by atoms with Crippen molar-refractivity contribution < 1.29 is 4.79 Å². The minimum absolute atomic E-state index is 0.00616. The van der Waals surface area contributed by atoms with Gasteiger partial charge >= 0.3 is 0 Å². The van der Waals surface area contributed by atoms with Crippen molar-refractivity contribution in [3.8, 4) is 0 Å². The van der Waals surface area contributed by atoms with Crippen molar-refractivity contribution in [1.29, 1.82) is 0 Å². The third-order valence-corrected chi connectivity index (χ3v) is 4.56. The van der Waals surface area contributed by atoms with E-state index in [9.17, 15) is 4.79 Å². The summed E-state index contributed by atoms with van der Waals surface area (Å²) in [6.45, 7) is 2.68. The van der Waals surface area contributed by atoms with E-state index in [2.05, 4.69) is 10.1 Å². The molecule has 0 bridgehead atoms. The van der Waals surface area contributed by atoms with Crippen molar-refractivity contribution in [3.05, 3.63) is 64.7 Å². The zero-order valence-electron chi connectivity index (χ0n) is 12.6. The quantitative estimate of drug-likeness (QED) is 0.690. The average Bonchev–Trinajstić information content (AvgIpc) is 2.98. The number of pyridine rings is 2. The fourth-order valence-corrected chi connectivity index (χ4v) is 3.27. The van der Waals surface area contributed by atoms with Crippen LogP contribution in [0.25, 0.3) is 5.52 Å². The second-order valence-electron chi connectivity index (χ2n) is 5.71. The van der Waals surface area contributed by atoms with E-state index in [0.717, 1.165) is 23.2 Å². The van der Waals surface area contributed by atoms with Crippen LogP contribution in [0.3, 0.4) is 0 Å². The summed E-state index contributed by atoms with van der Waals surface area (Å²) in [5, 5.41) is 4.95. The molecule has 0 saturated carbocycles. The summed E-state index contributed by atoms with van der Waals surface area (Å²) in [5.74, 6) is -0.0631. The number of nitrogens with zero attached hydrogens (tertiary/aromatic N) is 4.